The van der Waals surface area contributed by atoms with E-state index in [1.54, 1.807) is 24.3 Å². The van der Waals surface area contributed by atoms with E-state index >= 15 is 0 Å². The second-order valence-electron chi connectivity index (χ2n) is 6.37. The third-order valence-corrected chi connectivity index (χ3v) is 4.85. The Morgan fingerprint density at radius 3 is 2.04 bits per heavy atom. The topological polar surface area (TPSA) is 50.6 Å². The number of nitrogens with zero attached hydrogens (tertiary/aromatic N) is 4. The first-order chi connectivity index (χ1) is 11.3. The number of amides is 1. The van der Waals surface area contributed by atoms with E-state index < -0.39 is 0 Å². The number of carbonyl (C=O) groups is 1. The molecule has 5 heteroatoms. The molecule has 3 rings (SSSR count). The predicted molar refractivity (Wildman–Crippen MR) is 89.2 cm³/mol. The van der Waals surface area contributed by atoms with Gasteiger partial charge in [-0.1, -0.05) is 0 Å². The molecule has 0 spiro atoms. The van der Waals surface area contributed by atoms with Crippen molar-refractivity contribution in [1.29, 1.82) is 5.26 Å². The maximum Gasteiger partial charge on any atom is 0.253 e. The summed E-state index contributed by atoms with van der Waals surface area (Å²) in [6, 6.07) is 9.00. The second kappa shape index (κ2) is 7.58. The van der Waals surface area contributed by atoms with Crippen LogP contribution in [0.2, 0.25) is 0 Å². The first-order valence-electron chi connectivity index (χ1n) is 8.50. The first-order valence-corrected chi connectivity index (χ1v) is 8.50. The fraction of sp³-hybridized carbons (Fsp3) is 0.556. The van der Waals surface area contributed by atoms with Gasteiger partial charge in [-0.2, -0.15) is 5.26 Å². The second-order valence-corrected chi connectivity index (χ2v) is 6.37. The van der Waals surface area contributed by atoms with Gasteiger partial charge in [0.05, 0.1) is 11.6 Å². The fourth-order valence-corrected chi connectivity index (χ4v) is 3.33. The summed E-state index contributed by atoms with van der Waals surface area (Å²) in [6.45, 7) is 8.25. The third kappa shape index (κ3) is 4.10. The number of benzene rings is 1. The van der Waals surface area contributed by atoms with Gasteiger partial charge in [0.15, 0.2) is 0 Å². The van der Waals surface area contributed by atoms with Gasteiger partial charge in [-0.05, 0) is 50.2 Å². The van der Waals surface area contributed by atoms with E-state index in [2.05, 4.69) is 15.9 Å². The van der Waals surface area contributed by atoms with E-state index in [-0.39, 0.29) is 5.91 Å². The Kier molecular flexibility index (Phi) is 5.27. The van der Waals surface area contributed by atoms with Gasteiger partial charge in [-0.3, -0.25) is 9.69 Å². The van der Waals surface area contributed by atoms with Crippen LogP contribution < -0.4 is 0 Å². The lowest BCUT2D eigenvalue weighted by molar-refractivity contribution is 0.0626. The standard InChI is InChI=1S/C18H24N4O/c19-15-16-3-5-17(6-4-16)18(23)22-13-11-21(12-14-22)10-9-20-7-1-2-8-20/h3-6H,1-2,7-14H2. The van der Waals surface area contributed by atoms with Gasteiger partial charge in [-0.15, -0.1) is 0 Å². The van der Waals surface area contributed by atoms with Crippen LogP contribution in [0.3, 0.4) is 0 Å². The molecule has 0 bridgehead atoms. The van der Waals surface area contributed by atoms with Crippen LogP contribution in [0.5, 0.6) is 0 Å². The molecule has 2 aliphatic rings. The van der Waals surface area contributed by atoms with Gasteiger partial charge in [0.1, 0.15) is 0 Å². The monoisotopic (exact) mass is 312 g/mol. The van der Waals surface area contributed by atoms with Crippen molar-refractivity contribution in [2.45, 2.75) is 12.8 Å². The predicted octanol–water partition coefficient (Wildman–Crippen LogP) is 1.41. The van der Waals surface area contributed by atoms with Crippen molar-refractivity contribution in [2.75, 3.05) is 52.4 Å². The smallest absolute Gasteiger partial charge is 0.253 e. The summed E-state index contributed by atoms with van der Waals surface area (Å²) in [4.78, 5) is 19.4. The zero-order valence-electron chi connectivity index (χ0n) is 13.6. The molecule has 0 saturated carbocycles. The minimum absolute atomic E-state index is 0.0775. The highest BCUT2D eigenvalue weighted by atomic mass is 16.2. The minimum Gasteiger partial charge on any atom is -0.336 e. The molecule has 5 nitrogen and oxygen atoms in total. The van der Waals surface area contributed by atoms with Crippen LogP contribution in [-0.4, -0.2) is 73.0 Å². The van der Waals surface area contributed by atoms with Crippen LogP contribution in [0, 0.1) is 11.3 Å². The first kappa shape index (κ1) is 16.0. The van der Waals surface area contributed by atoms with Crippen LogP contribution in [0.4, 0.5) is 0 Å². The van der Waals surface area contributed by atoms with E-state index in [1.807, 2.05) is 4.90 Å². The van der Waals surface area contributed by atoms with E-state index in [0.29, 0.717) is 11.1 Å². The zero-order valence-corrected chi connectivity index (χ0v) is 13.6. The molecule has 0 N–H and O–H groups in total. The Labute approximate surface area is 138 Å². The average molecular weight is 312 g/mol. The molecule has 1 aromatic carbocycles. The van der Waals surface area contributed by atoms with Crippen LogP contribution in [0.1, 0.15) is 28.8 Å². The Morgan fingerprint density at radius 2 is 1.48 bits per heavy atom. The van der Waals surface area contributed by atoms with Crippen LogP contribution in [0.25, 0.3) is 0 Å². The lowest BCUT2D eigenvalue weighted by atomic mass is 10.1. The van der Waals surface area contributed by atoms with E-state index in [1.165, 1.54) is 25.9 Å². The molecule has 2 aliphatic heterocycles. The molecule has 0 aliphatic carbocycles. The van der Waals surface area contributed by atoms with Gasteiger partial charge in [-0.25, -0.2) is 0 Å². The van der Waals surface area contributed by atoms with Gasteiger partial charge < -0.3 is 9.80 Å². The normalized spacial score (nSPS) is 19.7. The van der Waals surface area contributed by atoms with E-state index in [9.17, 15) is 4.79 Å². The van der Waals surface area contributed by atoms with Gasteiger partial charge >= 0.3 is 0 Å². The molecule has 122 valence electrons. The Hall–Kier alpha value is -1.90. The number of hydrogen-bond donors (Lipinski definition) is 0. The highest BCUT2D eigenvalue weighted by Gasteiger charge is 2.22. The summed E-state index contributed by atoms with van der Waals surface area (Å²) in [7, 11) is 0. The molecular formula is C18H24N4O. The summed E-state index contributed by atoms with van der Waals surface area (Å²) in [5, 5.41) is 8.82. The maximum absolute atomic E-state index is 12.5. The third-order valence-electron chi connectivity index (χ3n) is 4.85. The van der Waals surface area contributed by atoms with Crippen LogP contribution in [-0.2, 0) is 0 Å². The summed E-state index contributed by atoms with van der Waals surface area (Å²) in [5.41, 5.74) is 1.27. The number of likely N-dealkylation sites (tertiary alicyclic amines) is 1. The van der Waals surface area contributed by atoms with Gasteiger partial charge in [0.25, 0.3) is 5.91 Å². The molecule has 1 aromatic rings. The Balaban J connectivity index is 1.45. The quantitative estimate of drug-likeness (QED) is 0.843. The minimum atomic E-state index is 0.0775. The van der Waals surface area contributed by atoms with E-state index in [4.69, 9.17) is 5.26 Å². The van der Waals surface area contributed by atoms with Crippen molar-refractivity contribution in [2.24, 2.45) is 0 Å². The fourth-order valence-electron chi connectivity index (χ4n) is 3.33. The number of rotatable bonds is 4. The van der Waals surface area contributed by atoms with Crippen molar-refractivity contribution in [3.63, 3.8) is 0 Å². The van der Waals surface area contributed by atoms with Crippen molar-refractivity contribution < 1.29 is 4.79 Å². The van der Waals surface area contributed by atoms with Crippen LogP contribution >= 0.6 is 0 Å². The summed E-state index contributed by atoms with van der Waals surface area (Å²) in [5.74, 6) is 0.0775. The lowest BCUT2D eigenvalue weighted by Gasteiger charge is -2.35. The molecule has 0 unspecified atom stereocenters. The zero-order chi connectivity index (χ0) is 16.1. The molecule has 2 saturated heterocycles. The molecule has 0 radical (unpaired) electrons. The molecule has 1 amide bonds. The largest absolute Gasteiger partial charge is 0.336 e. The lowest BCUT2D eigenvalue weighted by Crippen LogP contribution is -2.50. The van der Waals surface area contributed by atoms with Crippen molar-refractivity contribution >= 4 is 5.91 Å². The average Bonchev–Trinajstić information content (AvgIpc) is 3.13. The summed E-state index contributed by atoms with van der Waals surface area (Å²) in [6.07, 6.45) is 2.68. The maximum atomic E-state index is 12.5. The van der Waals surface area contributed by atoms with Crippen LogP contribution in [0.15, 0.2) is 24.3 Å². The molecular weight excluding hydrogens is 288 g/mol. The molecule has 0 atom stereocenters. The van der Waals surface area contributed by atoms with Crippen molar-refractivity contribution in [1.82, 2.24) is 14.7 Å². The van der Waals surface area contributed by atoms with Gasteiger partial charge in [0, 0.05) is 44.8 Å². The molecule has 23 heavy (non-hydrogen) atoms. The summed E-state index contributed by atoms with van der Waals surface area (Å²) < 4.78 is 0. The van der Waals surface area contributed by atoms with Crippen molar-refractivity contribution in [3.8, 4) is 6.07 Å². The Morgan fingerprint density at radius 1 is 0.913 bits per heavy atom. The number of nitriles is 1. The SMILES string of the molecule is N#Cc1ccc(C(=O)N2CCN(CCN3CCCC3)CC2)cc1. The summed E-state index contributed by atoms with van der Waals surface area (Å²) >= 11 is 0. The molecule has 2 heterocycles. The molecule has 2 fully saturated rings. The highest BCUT2D eigenvalue weighted by Crippen LogP contribution is 2.11. The van der Waals surface area contributed by atoms with Gasteiger partial charge in [0.2, 0.25) is 0 Å². The highest BCUT2D eigenvalue weighted by molar-refractivity contribution is 5.94. The number of piperazine rings is 1. The van der Waals surface area contributed by atoms with E-state index in [0.717, 1.165) is 39.3 Å². The number of hydrogen-bond acceptors (Lipinski definition) is 4. The van der Waals surface area contributed by atoms with Crippen molar-refractivity contribution in [3.05, 3.63) is 35.4 Å². The Bertz CT molecular complexity index is 564. The molecule has 0 aromatic heterocycles. The number of carbonyl (C=O) groups excluding carboxylic acids is 1.